The number of aliphatic hydroxyl groups excluding tert-OH is 4. The molecular weight excluding hydrogens is 420 g/mol. The van der Waals surface area contributed by atoms with Gasteiger partial charge < -0.3 is 54.7 Å². The molecule has 2 aliphatic heterocycles. The standard InChI is InChI=1S/C18H32N2O11/c1-7(23)19-11-14(26)16(10(6-22)29-17(11)28-4)31-18-12(20-8(2)24)13(25)15(27-3)9(5-21)30-18/h9-18,21-22,25-26H,5-6H2,1-4H3,(H,19,23)(H,20,24)/t9-,10?,11-,12?,13?,14-,15-,16?,17-,18?/m1/s1. The Morgan fingerprint density at radius 3 is 1.71 bits per heavy atom. The Bertz CT molecular complexity index is 609. The summed E-state index contributed by atoms with van der Waals surface area (Å²) in [7, 11) is 2.63. The van der Waals surface area contributed by atoms with Gasteiger partial charge in [0.15, 0.2) is 12.6 Å². The lowest BCUT2D eigenvalue weighted by atomic mass is 9.94. The summed E-state index contributed by atoms with van der Waals surface area (Å²) in [6, 6.07) is -2.17. The molecule has 0 aromatic rings. The van der Waals surface area contributed by atoms with Gasteiger partial charge in [-0.2, -0.15) is 0 Å². The van der Waals surface area contributed by atoms with Crippen molar-refractivity contribution in [3.05, 3.63) is 0 Å². The van der Waals surface area contributed by atoms with Crippen molar-refractivity contribution in [2.75, 3.05) is 27.4 Å². The molecule has 10 atom stereocenters. The van der Waals surface area contributed by atoms with Crippen LogP contribution in [-0.4, -0.2) is 121 Å². The fraction of sp³-hybridized carbons (Fsp3) is 0.889. The molecule has 2 rings (SSSR count). The van der Waals surface area contributed by atoms with Gasteiger partial charge >= 0.3 is 0 Å². The summed E-state index contributed by atoms with van der Waals surface area (Å²) >= 11 is 0. The predicted octanol–water partition coefficient (Wildman–Crippen LogP) is -3.80. The Morgan fingerprint density at radius 2 is 1.26 bits per heavy atom. The zero-order chi connectivity index (χ0) is 23.3. The minimum Gasteiger partial charge on any atom is -0.394 e. The molecule has 2 heterocycles. The van der Waals surface area contributed by atoms with E-state index in [1.807, 2.05) is 0 Å². The first-order valence-corrected chi connectivity index (χ1v) is 9.82. The van der Waals surface area contributed by atoms with E-state index in [9.17, 15) is 30.0 Å². The SMILES string of the molecule is CO[C@@H]1OC(CO)C(OC2O[C@H](CO)[C@@H](OC)C(O)C2NC(C)=O)[C@H](O)[C@H]1NC(C)=O. The van der Waals surface area contributed by atoms with Gasteiger partial charge in [-0.05, 0) is 0 Å². The van der Waals surface area contributed by atoms with E-state index in [0.717, 1.165) is 0 Å². The van der Waals surface area contributed by atoms with Crippen molar-refractivity contribution in [2.45, 2.75) is 75.1 Å². The average Bonchev–Trinajstić information content (AvgIpc) is 2.72. The fourth-order valence-electron chi connectivity index (χ4n) is 3.84. The van der Waals surface area contributed by atoms with Crippen molar-refractivity contribution in [1.29, 1.82) is 0 Å². The Morgan fingerprint density at radius 1 is 0.806 bits per heavy atom. The third kappa shape index (κ3) is 5.88. The van der Waals surface area contributed by atoms with Crippen molar-refractivity contribution >= 4 is 11.8 Å². The van der Waals surface area contributed by atoms with Gasteiger partial charge in [-0.15, -0.1) is 0 Å². The number of hydrogen-bond donors (Lipinski definition) is 6. The maximum atomic E-state index is 11.7. The number of hydrogen-bond acceptors (Lipinski definition) is 11. The molecular formula is C18H32N2O11. The monoisotopic (exact) mass is 452 g/mol. The minimum absolute atomic E-state index is 0.459. The second kappa shape index (κ2) is 11.4. The Hall–Kier alpha value is -1.42. The number of ether oxygens (including phenoxy) is 5. The molecule has 0 saturated carbocycles. The Labute approximate surface area is 179 Å². The molecule has 0 radical (unpaired) electrons. The van der Waals surface area contributed by atoms with E-state index >= 15 is 0 Å². The number of amides is 2. The molecule has 5 unspecified atom stereocenters. The summed E-state index contributed by atoms with van der Waals surface area (Å²) in [5.74, 6) is -0.951. The second-order valence-electron chi connectivity index (χ2n) is 7.42. The van der Waals surface area contributed by atoms with E-state index in [2.05, 4.69) is 10.6 Å². The Kier molecular flexibility index (Phi) is 9.54. The van der Waals surface area contributed by atoms with E-state index < -0.39 is 86.3 Å². The lowest BCUT2D eigenvalue weighted by Gasteiger charge is -2.48. The van der Waals surface area contributed by atoms with Crippen LogP contribution in [0, 0.1) is 0 Å². The summed E-state index contributed by atoms with van der Waals surface area (Å²) in [6.07, 6.45) is -9.45. The highest BCUT2D eigenvalue weighted by molar-refractivity contribution is 5.73. The molecule has 13 nitrogen and oxygen atoms in total. The zero-order valence-electron chi connectivity index (χ0n) is 17.8. The second-order valence-corrected chi connectivity index (χ2v) is 7.42. The highest BCUT2D eigenvalue weighted by Crippen LogP contribution is 2.30. The summed E-state index contributed by atoms with van der Waals surface area (Å²) in [6.45, 7) is 1.39. The van der Waals surface area contributed by atoms with E-state index in [4.69, 9.17) is 23.7 Å². The van der Waals surface area contributed by atoms with Crippen LogP contribution in [0.15, 0.2) is 0 Å². The first-order valence-electron chi connectivity index (χ1n) is 9.82. The highest BCUT2D eigenvalue weighted by Gasteiger charge is 2.52. The fourth-order valence-corrected chi connectivity index (χ4v) is 3.84. The summed E-state index contributed by atoms with van der Waals surface area (Å²) < 4.78 is 27.5. The van der Waals surface area contributed by atoms with Crippen LogP contribution < -0.4 is 10.6 Å². The van der Waals surface area contributed by atoms with E-state index in [-0.39, 0.29) is 0 Å². The minimum atomic E-state index is -1.41. The average molecular weight is 452 g/mol. The van der Waals surface area contributed by atoms with Gasteiger partial charge in [0.25, 0.3) is 0 Å². The highest BCUT2D eigenvalue weighted by atomic mass is 16.7. The van der Waals surface area contributed by atoms with Crippen LogP contribution in [0.5, 0.6) is 0 Å². The van der Waals surface area contributed by atoms with Crippen molar-refractivity contribution in [3.63, 3.8) is 0 Å². The lowest BCUT2D eigenvalue weighted by molar-refractivity contribution is -0.331. The molecule has 2 fully saturated rings. The number of methoxy groups -OCH3 is 2. The summed E-state index contributed by atoms with van der Waals surface area (Å²) in [5.41, 5.74) is 0. The molecule has 13 heteroatoms. The zero-order valence-corrected chi connectivity index (χ0v) is 17.8. The third-order valence-electron chi connectivity index (χ3n) is 5.24. The van der Waals surface area contributed by atoms with Gasteiger partial charge in [-0.25, -0.2) is 0 Å². The quantitative estimate of drug-likeness (QED) is 0.212. The number of carbonyl (C=O) groups excluding carboxylic acids is 2. The van der Waals surface area contributed by atoms with Crippen molar-refractivity contribution in [1.82, 2.24) is 10.6 Å². The molecule has 31 heavy (non-hydrogen) atoms. The third-order valence-corrected chi connectivity index (χ3v) is 5.24. The molecule has 0 aromatic carbocycles. The summed E-state index contributed by atoms with van der Waals surface area (Å²) in [5, 5.41) is 46.0. The van der Waals surface area contributed by atoms with Crippen LogP contribution in [0.2, 0.25) is 0 Å². The first-order chi connectivity index (χ1) is 14.7. The number of nitrogens with one attached hydrogen (secondary N) is 2. The predicted molar refractivity (Wildman–Crippen MR) is 101 cm³/mol. The van der Waals surface area contributed by atoms with Crippen LogP contribution in [0.1, 0.15) is 13.8 Å². The smallest absolute Gasteiger partial charge is 0.217 e. The van der Waals surface area contributed by atoms with E-state index in [0.29, 0.717) is 0 Å². The van der Waals surface area contributed by atoms with Crippen LogP contribution in [-0.2, 0) is 33.3 Å². The molecule has 180 valence electrons. The van der Waals surface area contributed by atoms with Crippen molar-refractivity contribution in [2.24, 2.45) is 0 Å². The number of carbonyl (C=O) groups is 2. The number of aliphatic hydroxyl groups is 4. The van der Waals surface area contributed by atoms with E-state index in [1.54, 1.807) is 0 Å². The molecule has 0 bridgehead atoms. The van der Waals surface area contributed by atoms with Crippen LogP contribution in [0.25, 0.3) is 0 Å². The Balaban J connectivity index is 2.30. The number of rotatable bonds is 8. The van der Waals surface area contributed by atoms with Crippen LogP contribution >= 0.6 is 0 Å². The first kappa shape index (κ1) is 25.8. The normalized spacial score (nSPS) is 40.9. The molecule has 2 saturated heterocycles. The van der Waals surface area contributed by atoms with Gasteiger partial charge in [0.2, 0.25) is 11.8 Å². The molecule has 0 aromatic heterocycles. The van der Waals surface area contributed by atoms with Crippen LogP contribution in [0.3, 0.4) is 0 Å². The van der Waals surface area contributed by atoms with Crippen molar-refractivity contribution < 1.29 is 53.7 Å². The summed E-state index contributed by atoms with van der Waals surface area (Å²) in [4.78, 5) is 23.2. The largest absolute Gasteiger partial charge is 0.394 e. The molecule has 0 aliphatic carbocycles. The van der Waals surface area contributed by atoms with Gasteiger partial charge in [-0.1, -0.05) is 0 Å². The van der Waals surface area contributed by atoms with Crippen LogP contribution in [0.4, 0.5) is 0 Å². The lowest BCUT2D eigenvalue weighted by Crippen LogP contribution is -2.69. The van der Waals surface area contributed by atoms with E-state index in [1.165, 1.54) is 28.1 Å². The maximum Gasteiger partial charge on any atom is 0.217 e. The van der Waals surface area contributed by atoms with Gasteiger partial charge in [0.05, 0.1) is 13.2 Å². The molecule has 2 amide bonds. The molecule has 2 aliphatic rings. The topological polar surface area (TPSA) is 185 Å². The maximum absolute atomic E-state index is 11.7. The van der Waals surface area contributed by atoms with Crippen molar-refractivity contribution in [3.8, 4) is 0 Å². The van der Waals surface area contributed by atoms with Gasteiger partial charge in [-0.3, -0.25) is 9.59 Å². The molecule has 0 spiro atoms. The van der Waals surface area contributed by atoms with Gasteiger partial charge in [0.1, 0.15) is 48.7 Å². The molecule has 6 N–H and O–H groups in total. The van der Waals surface area contributed by atoms with Gasteiger partial charge in [0, 0.05) is 28.1 Å².